The Morgan fingerprint density at radius 1 is 1.30 bits per heavy atom. The van der Waals surface area contributed by atoms with Gasteiger partial charge in [-0.1, -0.05) is 26.0 Å². The lowest BCUT2D eigenvalue weighted by Crippen LogP contribution is -2.48. The lowest BCUT2D eigenvalue weighted by atomic mass is 10.1. The van der Waals surface area contributed by atoms with E-state index < -0.39 is 0 Å². The Bertz CT molecular complexity index is 433. The molecule has 0 heterocycles. The molecular weight excluding hydrogens is 250 g/mol. The van der Waals surface area contributed by atoms with Crippen LogP contribution in [0.5, 0.6) is 0 Å². The van der Waals surface area contributed by atoms with Crippen LogP contribution in [0.25, 0.3) is 0 Å². The van der Waals surface area contributed by atoms with Crippen molar-refractivity contribution < 1.29 is 4.79 Å². The number of rotatable bonds is 7. The third-order valence-corrected chi connectivity index (χ3v) is 3.56. The standard InChI is InChI=1S/C16H27N3O/c1-5-11-19(15-10-8-7-9-14(15)17)13(4)16(20)18-12(3)6-2/h7-10,12-13H,5-6,11,17H2,1-4H3,(H,18,20). The average molecular weight is 277 g/mol. The number of nitrogens with zero attached hydrogens (tertiary/aromatic N) is 1. The Hall–Kier alpha value is -1.71. The number of carbonyl (C=O) groups is 1. The molecule has 1 aromatic carbocycles. The van der Waals surface area contributed by atoms with Crippen LogP contribution in [-0.4, -0.2) is 24.5 Å². The van der Waals surface area contributed by atoms with Crippen molar-refractivity contribution in [1.29, 1.82) is 0 Å². The number of benzene rings is 1. The quantitative estimate of drug-likeness (QED) is 0.753. The number of nitrogens with one attached hydrogen (secondary N) is 1. The maximum absolute atomic E-state index is 12.3. The van der Waals surface area contributed by atoms with Gasteiger partial charge in [-0.15, -0.1) is 0 Å². The van der Waals surface area contributed by atoms with Gasteiger partial charge in [0, 0.05) is 12.6 Å². The van der Waals surface area contributed by atoms with Crippen molar-refractivity contribution in [3.05, 3.63) is 24.3 Å². The molecular formula is C16H27N3O. The smallest absolute Gasteiger partial charge is 0.242 e. The molecule has 3 N–H and O–H groups in total. The molecule has 0 aliphatic rings. The highest BCUT2D eigenvalue weighted by atomic mass is 16.2. The Morgan fingerprint density at radius 2 is 1.95 bits per heavy atom. The van der Waals surface area contributed by atoms with Crippen molar-refractivity contribution in [3.63, 3.8) is 0 Å². The summed E-state index contributed by atoms with van der Waals surface area (Å²) in [6.45, 7) is 8.93. The fraction of sp³-hybridized carbons (Fsp3) is 0.562. The molecule has 2 atom stereocenters. The van der Waals surface area contributed by atoms with Crippen LogP contribution in [0.15, 0.2) is 24.3 Å². The van der Waals surface area contributed by atoms with Gasteiger partial charge in [-0.05, 0) is 38.8 Å². The highest BCUT2D eigenvalue weighted by Gasteiger charge is 2.23. The first kappa shape index (κ1) is 16.3. The predicted octanol–water partition coefficient (Wildman–Crippen LogP) is 2.79. The molecule has 0 fully saturated rings. The number of hydrogen-bond acceptors (Lipinski definition) is 3. The lowest BCUT2D eigenvalue weighted by Gasteiger charge is -2.31. The van der Waals surface area contributed by atoms with Gasteiger partial charge in [0.25, 0.3) is 0 Å². The summed E-state index contributed by atoms with van der Waals surface area (Å²) >= 11 is 0. The molecule has 4 nitrogen and oxygen atoms in total. The van der Waals surface area contributed by atoms with E-state index in [9.17, 15) is 4.79 Å². The van der Waals surface area contributed by atoms with E-state index in [1.807, 2.05) is 38.1 Å². The van der Waals surface area contributed by atoms with Crippen molar-refractivity contribution in [3.8, 4) is 0 Å². The van der Waals surface area contributed by atoms with E-state index in [0.717, 1.165) is 25.1 Å². The monoisotopic (exact) mass is 277 g/mol. The number of nitrogens with two attached hydrogens (primary N) is 1. The third-order valence-electron chi connectivity index (χ3n) is 3.56. The van der Waals surface area contributed by atoms with Crippen LogP contribution in [0.3, 0.4) is 0 Å². The van der Waals surface area contributed by atoms with E-state index in [4.69, 9.17) is 5.73 Å². The van der Waals surface area contributed by atoms with Crippen LogP contribution in [-0.2, 0) is 4.79 Å². The fourth-order valence-electron chi connectivity index (χ4n) is 2.12. The van der Waals surface area contributed by atoms with Gasteiger partial charge in [0.05, 0.1) is 11.4 Å². The van der Waals surface area contributed by atoms with E-state index in [2.05, 4.69) is 24.1 Å². The van der Waals surface area contributed by atoms with Crippen molar-refractivity contribution in [2.24, 2.45) is 0 Å². The minimum atomic E-state index is -0.228. The lowest BCUT2D eigenvalue weighted by molar-refractivity contribution is -0.122. The minimum Gasteiger partial charge on any atom is -0.397 e. The summed E-state index contributed by atoms with van der Waals surface area (Å²) in [5, 5.41) is 3.04. The van der Waals surface area contributed by atoms with Gasteiger partial charge < -0.3 is 16.0 Å². The van der Waals surface area contributed by atoms with Crippen molar-refractivity contribution in [2.45, 2.75) is 52.6 Å². The number of nitrogen functional groups attached to an aromatic ring is 1. The zero-order valence-corrected chi connectivity index (χ0v) is 13.0. The molecule has 20 heavy (non-hydrogen) atoms. The molecule has 2 unspecified atom stereocenters. The van der Waals surface area contributed by atoms with Crippen LogP contribution >= 0.6 is 0 Å². The van der Waals surface area contributed by atoms with Gasteiger partial charge in [0.2, 0.25) is 5.91 Å². The van der Waals surface area contributed by atoms with E-state index in [1.165, 1.54) is 0 Å². The number of amides is 1. The molecule has 0 aromatic heterocycles. The first-order chi connectivity index (χ1) is 9.51. The molecule has 0 bridgehead atoms. The fourth-order valence-corrected chi connectivity index (χ4v) is 2.12. The molecule has 0 aliphatic heterocycles. The van der Waals surface area contributed by atoms with Crippen LogP contribution in [0.2, 0.25) is 0 Å². The highest BCUT2D eigenvalue weighted by Crippen LogP contribution is 2.24. The first-order valence-corrected chi connectivity index (χ1v) is 7.42. The van der Waals surface area contributed by atoms with Gasteiger partial charge in [-0.3, -0.25) is 4.79 Å². The van der Waals surface area contributed by atoms with Crippen LogP contribution in [0, 0.1) is 0 Å². The van der Waals surface area contributed by atoms with Crippen LogP contribution in [0.1, 0.15) is 40.5 Å². The van der Waals surface area contributed by atoms with Crippen molar-refractivity contribution in [2.75, 3.05) is 17.2 Å². The first-order valence-electron chi connectivity index (χ1n) is 7.42. The summed E-state index contributed by atoms with van der Waals surface area (Å²) in [6.07, 6.45) is 1.90. The number of carbonyl (C=O) groups excluding carboxylic acids is 1. The van der Waals surface area contributed by atoms with Gasteiger partial charge in [0.15, 0.2) is 0 Å². The van der Waals surface area contributed by atoms with E-state index in [1.54, 1.807) is 0 Å². The number of anilines is 2. The average Bonchev–Trinajstić information content (AvgIpc) is 2.44. The predicted molar refractivity (Wildman–Crippen MR) is 85.8 cm³/mol. The minimum absolute atomic E-state index is 0.0519. The summed E-state index contributed by atoms with van der Waals surface area (Å²) in [4.78, 5) is 14.4. The molecule has 0 saturated heterocycles. The summed E-state index contributed by atoms with van der Waals surface area (Å²) in [5.74, 6) is 0.0519. The van der Waals surface area contributed by atoms with Gasteiger partial charge in [-0.25, -0.2) is 0 Å². The molecule has 112 valence electrons. The topological polar surface area (TPSA) is 58.4 Å². The number of para-hydroxylation sites is 2. The van der Waals surface area contributed by atoms with Crippen molar-refractivity contribution >= 4 is 17.3 Å². The molecule has 1 amide bonds. The molecule has 0 aliphatic carbocycles. The summed E-state index contributed by atoms with van der Waals surface area (Å²) in [5.41, 5.74) is 7.69. The molecule has 0 saturated carbocycles. The SMILES string of the molecule is CCCN(c1ccccc1N)C(C)C(=O)NC(C)CC. The zero-order valence-electron chi connectivity index (χ0n) is 13.0. The normalized spacial score (nSPS) is 13.6. The maximum Gasteiger partial charge on any atom is 0.242 e. The second-order valence-electron chi connectivity index (χ2n) is 5.25. The van der Waals surface area contributed by atoms with E-state index in [-0.39, 0.29) is 18.0 Å². The number of hydrogen-bond donors (Lipinski definition) is 2. The summed E-state index contributed by atoms with van der Waals surface area (Å²) in [6, 6.07) is 7.67. The third kappa shape index (κ3) is 4.15. The second-order valence-corrected chi connectivity index (χ2v) is 5.25. The molecule has 4 heteroatoms. The Balaban J connectivity index is 2.90. The largest absolute Gasteiger partial charge is 0.397 e. The van der Waals surface area contributed by atoms with E-state index >= 15 is 0 Å². The Morgan fingerprint density at radius 3 is 2.50 bits per heavy atom. The van der Waals surface area contributed by atoms with Gasteiger partial charge in [-0.2, -0.15) is 0 Å². The molecule has 1 aromatic rings. The Kier molecular flexibility index (Phi) is 6.36. The van der Waals surface area contributed by atoms with Crippen LogP contribution in [0.4, 0.5) is 11.4 Å². The molecule has 0 spiro atoms. The molecule has 1 rings (SSSR count). The van der Waals surface area contributed by atoms with Gasteiger partial charge >= 0.3 is 0 Å². The second kappa shape index (κ2) is 7.78. The van der Waals surface area contributed by atoms with Crippen molar-refractivity contribution in [1.82, 2.24) is 5.32 Å². The highest BCUT2D eigenvalue weighted by molar-refractivity contribution is 5.86. The Labute approximate surface area is 122 Å². The van der Waals surface area contributed by atoms with Crippen LogP contribution < -0.4 is 16.0 Å². The zero-order chi connectivity index (χ0) is 15.1. The maximum atomic E-state index is 12.3. The van der Waals surface area contributed by atoms with E-state index in [0.29, 0.717) is 5.69 Å². The summed E-state index contributed by atoms with van der Waals surface area (Å²) in [7, 11) is 0. The van der Waals surface area contributed by atoms with Gasteiger partial charge in [0.1, 0.15) is 6.04 Å². The summed E-state index contributed by atoms with van der Waals surface area (Å²) < 4.78 is 0. The molecule has 0 radical (unpaired) electrons.